The molecule has 9 aromatic rings. The van der Waals surface area contributed by atoms with E-state index in [4.69, 9.17) is 0 Å². The van der Waals surface area contributed by atoms with Crippen molar-refractivity contribution in [3.8, 4) is 45.8 Å². The van der Waals surface area contributed by atoms with Crippen molar-refractivity contribution < 1.29 is 0 Å². The number of hydrogen-bond acceptors (Lipinski definition) is 2. The first-order valence-corrected chi connectivity index (χ1v) is 15.9. The van der Waals surface area contributed by atoms with Crippen LogP contribution in [0.1, 0.15) is 11.1 Å². The fraction of sp³-hybridized carbons (Fsp3) is 0. The molecule has 48 heavy (non-hydrogen) atoms. The Bertz CT molecular complexity index is 2760. The van der Waals surface area contributed by atoms with Crippen molar-refractivity contribution in [1.82, 2.24) is 9.13 Å². The highest BCUT2D eigenvalue weighted by Crippen LogP contribution is 2.39. The van der Waals surface area contributed by atoms with E-state index in [0.717, 1.165) is 55.4 Å². The third kappa shape index (κ3) is 4.22. The number of aromatic nitrogens is 2. The summed E-state index contributed by atoms with van der Waals surface area (Å²) in [5.41, 5.74) is 11.7. The number of fused-ring (bicyclic) bond motifs is 6. The Morgan fingerprint density at radius 3 is 1.56 bits per heavy atom. The first kappa shape index (κ1) is 27.4. The lowest BCUT2D eigenvalue weighted by molar-refractivity contribution is 1.18. The molecule has 0 aliphatic heterocycles. The smallest absolute Gasteiger partial charge is 0.0992 e. The largest absolute Gasteiger partial charge is 0.309 e. The van der Waals surface area contributed by atoms with Crippen LogP contribution in [0.3, 0.4) is 0 Å². The van der Waals surface area contributed by atoms with Crippen LogP contribution in [0.15, 0.2) is 158 Å². The van der Waals surface area contributed by atoms with Gasteiger partial charge in [0.15, 0.2) is 0 Å². The number of hydrogen-bond donors (Lipinski definition) is 0. The second-order valence-electron chi connectivity index (χ2n) is 12.0. The fourth-order valence-electron chi connectivity index (χ4n) is 7.22. The number of benzene rings is 7. The Labute approximate surface area is 277 Å². The fourth-order valence-corrected chi connectivity index (χ4v) is 7.22. The Morgan fingerprint density at radius 2 is 0.896 bits per heavy atom. The molecule has 7 aromatic carbocycles. The van der Waals surface area contributed by atoms with Gasteiger partial charge in [0.2, 0.25) is 0 Å². The zero-order valence-corrected chi connectivity index (χ0v) is 25.8. The summed E-state index contributed by atoms with van der Waals surface area (Å²) in [6.07, 6.45) is 0. The molecule has 0 unspecified atom stereocenters. The number of para-hydroxylation sites is 3. The summed E-state index contributed by atoms with van der Waals surface area (Å²) >= 11 is 0. The molecule has 0 radical (unpaired) electrons. The minimum absolute atomic E-state index is 0.575. The quantitative estimate of drug-likeness (QED) is 0.199. The van der Waals surface area contributed by atoms with Gasteiger partial charge in [-0.15, -0.1) is 0 Å². The third-order valence-corrected chi connectivity index (χ3v) is 9.36. The minimum Gasteiger partial charge on any atom is -0.309 e. The first-order valence-electron chi connectivity index (χ1n) is 15.9. The van der Waals surface area contributed by atoms with Crippen molar-refractivity contribution >= 4 is 43.6 Å². The molecule has 2 aromatic heterocycles. The van der Waals surface area contributed by atoms with Crippen LogP contribution in [-0.2, 0) is 0 Å². The van der Waals surface area contributed by atoms with Crippen molar-refractivity contribution in [3.05, 3.63) is 169 Å². The van der Waals surface area contributed by atoms with Gasteiger partial charge >= 0.3 is 0 Å². The molecule has 4 nitrogen and oxygen atoms in total. The van der Waals surface area contributed by atoms with Crippen LogP contribution in [0.2, 0.25) is 0 Å². The summed E-state index contributed by atoms with van der Waals surface area (Å²) in [6, 6.07) is 59.1. The highest BCUT2D eigenvalue weighted by atomic mass is 15.0. The predicted octanol–water partition coefficient (Wildman–Crippen LogP) is 11.0. The van der Waals surface area contributed by atoms with Crippen molar-refractivity contribution in [2.45, 2.75) is 0 Å². The van der Waals surface area contributed by atoms with E-state index in [9.17, 15) is 10.5 Å². The molecular formula is C44H26N4. The average molecular weight is 611 g/mol. The van der Waals surface area contributed by atoms with Gasteiger partial charge in [0.05, 0.1) is 51.0 Å². The van der Waals surface area contributed by atoms with Crippen molar-refractivity contribution in [3.63, 3.8) is 0 Å². The van der Waals surface area contributed by atoms with E-state index in [0.29, 0.717) is 11.1 Å². The van der Waals surface area contributed by atoms with E-state index >= 15 is 0 Å². The van der Waals surface area contributed by atoms with E-state index in [1.165, 1.54) is 21.8 Å². The molecule has 0 atom stereocenters. The zero-order valence-electron chi connectivity index (χ0n) is 25.8. The molecule has 2 heterocycles. The van der Waals surface area contributed by atoms with E-state index in [-0.39, 0.29) is 0 Å². The van der Waals surface area contributed by atoms with Crippen LogP contribution in [0, 0.1) is 22.7 Å². The molecule has 0 saturated heterocycles. The van der Waals surface area contributed by atoms with Crippen LogP contribution in [0.5, 0.6) is 0 Å². The molecule has 0 bridgehead atoms. The van der Waals surface area contributed by atoms with Crippen molar-refractivity contribution in [2.24, 2.45) is 0 Å². The van der Waals surface area contributed by atoms with E-state index in [1.807, 2.05) is 48.5 Å². The van der Waals surface area contributed by atoms with Crippen LogP contribution in [0.4, 0.5) is 0 Å². The van der Waals surface area contributed by atoms with Gasteiger partial charge in [-0.25, -0.2) is 0 Å². The summed E-state index contributed by atoms with van der Waals surface area (Å²) in [7, 11) is 0. The highest BCUT2D eigenvalue weighted by molar-refractivity contribution is 6.11. The summed E-state index contributed by atoms with van der Waals surface area (Å²) in [5, 5.41) is 24.4. The summed E-state index contributed by atoms with van der Waals surface area (Å²) in [5.74, 6) is 0. The molecule has 0 saturated carbocycles. The van der Waals surface area contributed by atoms with Gasteiger partial charge < -0.3 is 9.13 Å². The maximum absolute atomic E-state index is 9.95. The van der Waals surface area contributed by atoms with Crippen LogP contribution in [-0.4, -0.2) is 9.13 Å². The molecule has 0 spiro atoms. The highest BCUT2D eigenvalue weighted by Gasteiger charge is 2.18. The standard InChI is InChI=1S/C44H26N4/c45-27-29-19-21-35(43(23-29)48-42-18-6-3-15-38(42)39-22-20-30(28-46)24-44(39)48)33-11-7-9-31(25-33)32-10-8-12-34(26-32)47-40-16-4-1-13-36(40)37-14-2-5-17-41(37)47/h1-26H. The average Bonchev–Trinajstić information content (AvgIpc) is 3.67. The number of nitriles is 2. The molecule has 0 aliphatic rings. The summed E-state index contributed by atoms with van der Waals surface area (Å²) in [4.78, 5) is 0. The number of nitrogens with zero attached hydrogens (tertiary/aromatic N) is 4. The van der Waals surface area contributed by atoms with Crippen LogP contribution in [0.25, 0.3) is 77.2 Å². The second kappa shape index (κ2) is 10.9. The SMILES string of the molecule is N#Cc1ccc(-c2cccc(-c3cccc(-n4c5ccccc5c5ccccc54)c3)c2)c(-n2c3ccccc3c3ccc(C#N)cc32)c1. The maximum Gasteiger partial charge on any atom is 0.0992 e. The molecule has 0 N–H and O–H groups in total. The van der Waals surface area contributed by atoms with Crippen molar-refractivity contribution in [2.75, 3.05) is 0 Å². The summed E-state index contributed by atoms with van der Waals surface area (Å²) in [6.45, 7) is 0. The van der Waals surface area contributed by atoms with Gasteiger partial charge in [-0.05, 0) is 77.4 Å². The van der Waals surface area contributed by atoms with Crippen LogP contribution >= 0.6 is 0 Å². The Hall–Kier alpha value is -6.88. The molecular weight excluding hydrogens is 585 g/mol. The topological polar surface area (TPSA) is 57.4 Å². The maximum atomic E-state index is 9.95. The van der Waals surface area contributed by atoms with E-state index < -0.39 is 0 Å². The summed E-state index contributed by atoms with van der Waals surface area (Å²) < 4.78 is 4.53. The predicted molar refractivity (Wildman–Crippen MR) is 195 cm³/mol. The molecule has 9 rings (SSSR count). The normalized spacial score (nSPS) is 11.3. The molecule has 0 aliphatic carbocycles. The lowest BCUT2D eigenvalue weighted by atomic mass is 9.96. The molecule has 0 fully saturated rings. The van der Waals surface area contributed by atoms with Crippen molar-refractivity contribution in [1.29, 1.82) is 10.5 Å². The number of rotatable bonds is 4. The van der Waals surface area contributed by atoms with Gasteiger partial charge in [0.1, 0.15) is 0 Å². The van der Waals surface area contributed by atoms with Gasteiger partial charge in [0.25, 0.3) is 0 Å². The van der Waals surface area contributed by atoms with E-state index in [1.54, 1.807) is 0 Å². The second-order valence-corrected chi connectivity index (χ2v) is 12.0. The molecule has 0 amide bonds. The minimum atomic E-state index is 0.575. The Kier molecular flexibility index (Phi) is 6.22. The lowest BCUT2D eigenvalue weighted by Crippen LogP contribution is -1.99. The molecule has 222 valence electrons. The lowest BCUT2D eigenvalue weighted by Gasteiger charge is -2.16. The monoisotopic (exact) mass is 610 g/mol. The Balaban J connectivity index is 1.23. The Morgan fingerprint density at radius 1 is 0.375 bits per heavy atom. The van der Waals surface area contributed by atoms with E-state index in [2.05, 4.69) is 130 Å². The van der Waals surface area contributed by atoms with Gasteiger partial charge in [-0.2, -0.15) is 10.5 Å². The van der Waals surface area contributed by atoms with Gasteiger partial charge in [-0.1, -0.05) is 97.1 Å². The third-order valence-electron chi connectivity index (χ3n) is 9.36. The molecule has 4 heteroatoms. The zero-order chi connectivity index (χ0) is 32.2. The van der Waals surface area contributed by atoms with Crippen LogP contribution < -0.4 is 0 Å². The first-order chi connectivity index (χ1) is 23.7. The van der Waals surface area contributed by atoms with Gasteiger partial charge in [0, 0.05) is 32.8 Å². The van der Waals surface area contributed by atoms with Gasteiger partial charge in [-0.3, -0.25) is 0 Å².